The highest BCUT2D eigenvalue weighted by Crippen LogP contribution is 2.42. The summed E-state index contributed by atoms with van der Waals surface area (Å²) in [4.78, 5) is 8.21. The van der Waals surface area contributed by atoms with Crippen molar-refractivity contribution in [2.75, 3.05) is 26.3 Å². The van der Waals surface area contributed by atoms with E-state index in [1.54, 1.807) is 13.8 Å². The molecular formula is C28H37F2N5. The summed E-state index contributed by atoms with van der Waals surface area (Å²) in [6.45, 7) is 8.03. The molecule has 2 aliphatic heterocycles. The van der Waals surface area contributed by atoms with Crippen LogP contribution in [0.5, 0.6) is 0 Å². The van der Waals surface area contributed by atoms with Crippen LogP contribution in [0.3, 0.4) is 0 Å². The van der Waals surface area contributed by atoms with Crippen molar-refractivity contribution in [3.8, 4) is 0 Å². The lowest BCUT2D eigenvalue weighted by Crippen LogP contribution is -2.48. The fourth-order valence-corrected chi connectivity index (χ4v) is 6.05. The molecule has 4 heterocycles. The summed E-state index contributed by atoms with van der Waals surface area (Å²) in [5.41, 5.74) is 5.31. The smallest absolute Gasteiger partial charge is 0.118 e. The second kappa shape index (κ2) is 8.42. The Bertz CT molecular complexity index is 1370. The molecule has 0 radical (unpaired) electrons. The molecule has 2 aliphatic rings. The van der Waals surface area contributed by atoms with Crippen LogP contribution >= 0.6 is 0 Å². The summed E-state index contributed by atoms with van der Waals surface area (Å²) in [6.07, 6.45) is 0.873. The molecule has 7 heteroatoms. The number of H-pyrrole nitrogens is 2. The number of hydrogen-bond donors (Lipinski definition) is 2. The predicted octanol–water partition coefficient (Wildman–Crippen LogP) is 6.02. The topological polar surface area (TPSA) is 51.0 Å². The van der Waals surface area contributed by atoms with Crippen molar-refractivity contribution >= 4 is 21.8 Å². The molecule has 2 atom stereocenters. The van der Waals surface area contributed by atoms with Gasteiger partial charge < -0.3 is 4.98 Å². The SMILES string of the molecule is C[C@@H]1Cc2c([nH]c3ccccc23)[C@@H](c2[nH]nc3cc(CN4CC(CF)C4)ccc23)N1CC(C)(C)F.[HH].[HH]. The summed E-state index contributed by atoms with van der Waals surface area (Å²) in [6, 6.07) is 14.8. The third kappa shape index (κ3) is 4.04. The van der Waals surface area contributed by atoms with E-state index in [0.29, 0.717) is 6.54 Å². The molecule has 4 aromatic rings. The van der Waals surface area contributed by atoms with Gasteiger partial charge in [-0.25, -0.2) is 4.39 Å². The molecule has 5 nitrogen and oxygen atoms in total. The van der Waals surface area contributed by atoms with Gasteiger partial charge in [-0.05, 0) is 50.5 Å². The first-order chi connectivity index (χ1) is 16.8. The second-order valence-corrected chi connectivity index (χ2v) is 11.1. The summed E-state index contributed by atoms with van der Waals surface area (Å²) < 4.78 is 27.8. The van der Waals surface area contributed by atoms with E-state index < -0.39 is 5.67 Å². The van der Waals surface area contributed by atoms with Crippen molar-refractivity contribution in [3.63, 3.8) is 0 Å². The molecule has 1 fully saturated rings. The molecule has 0 bridgehead atoms. The van der Waals surface area contributed by atoms with E-state index in [1.165, 1.54) is 16.5 Å². The number of para-hydroxylation sites is 1. The zero-order valence-electron chi connectivity index (χ0n) is 20.6. The summed E-state index contributed by atoms with van der Waals surface area (Å²) in [5.74, 6) is 0.181. The van der Waals surface area contributed by atoms with Crippen molar-refractivity contribution in [2.45, 2.75) is 51.5 Å². The van der Waals surface area contributed by atoms with Gasteiger partial charge in [-0.3, -0.25) is 19.3 Å². The minimum absolute atomic E-state index is 0. The molecule has 188 valence electrons. The second-order valence-electron chi connectivity index (χ2n) is 11.1. The van der Waals surface area contributed by atoms with Crippen LogP contribution in [0.25, 0.3) is 21.8 Å². The monoisotopic (exact) mass is 481 g/mol. The van der Waals surface area contributed by atoms with E-state index in [-0.39, 0.29) is 27.5 Å². The molecular weight excluding hydrogens is 444 g/mol. The lowest BCUT2D eigenvalue weighted by Gasteiger charge is -2.42. The third-order valence-corrected chi connectivity index (χ3v) is 7.66. The number of hydrogen-bond acceptors (Lipinski definition) is 3. The van der Waals surface area contributed by atoms with Gasteiger partial charge in [0.05, 0.1) is 23.9 Å². The van der Waals surface area contributed by atoms with Gasteiger partial charge in [0.25, 0.3) is 0 Å². The van der Waals surface area contributed by atoms with Crippen LogP contribution in [0, 0.1) is 5.92 Å². The largest absolute Gasteiger partial charge is 0.357 e. The Morgan fingerprint density at radius 1 is 1.11 bits per heavy atom. The quantitative estimate of drug-likeness (QED) is 0.354. The highest BCUT2D eigenvalue weighted by molar-refractivity contribution is 5.87. The van der Waals surface area contributed by atoms with Gasteiger partial charge in [-0.1, -0.05) is 30.3 Å². The predicted molar refractivity (Wildman–Crippen MR) is 140 cm³/mol. The molecule has 0 amide bonds. The number of rotatable bonds is 6. The minimum atomic E-state index is -1.33. The lowest BCUT2D eigenvalue weighted by molar-refractivity contribution is 0.0658. The molecule has 0 aliphatic carbocycles. The molecule has 0 spiro atoms. The van der Waals surface area contributed by atoms with Crippen molar-refractivity contribution in [1.29, 1.82) is 0 Å². The Balaban J connectivity index is 0.00000160. The summed E-state index contributed by atoms with van der Waals surface area (Å²) in [7, 11) is 0. The molecule has 1 saturated heterocycles. The zero-order chi connectivity index (χ0) is 24.3. The highest BCUT2D eigenvalue weighted by atomic mass is 19.1. The van der Waals surface area contributed by atoms with Crippen LogP contribution in [0.2, 0.25) is 0 Å². The van der Waals surface area contributed by atoms with Gasteiger partial charge in [-0.2, -0.15) is 5.10 Å². The van der Waals surface area contributed by atoms with Crippen molar-refractivity contribution < 1.29 is 11.6 Å². The Morgan fingerprint density at radius 2 is 1.91 bits per heavy atom. The Kier molecular flexibility index (Phi) is 5.45. The number of benzene rings is 2. The Hall–Kier alpha value is -2.77. The van der Waals surface area contributed by atoms with Crippen molar-refractivity contribution in [3.05, 3.63) is 65.0 Å². The van der Waals surface area contributed by atoms with Crippen LogP contribution < -0.4 is 0 Å². The van der Waals surface area contributed by atoms with Crippen LogP contribution in [0.15, 0.2) is 42.5 Å². The van der Waals surface area contributed by atoms with E-state index in [9.17, 15) is 4.39 Å². The Morgan fingerprint density at radius 3 is 2.69 bits per heavy atom. The third-order valence-electron chi connectivity index (χ3n) is 7.66. The lowest BCUT2D eigenvalue weighted by atomic mass is 9.88. The molecule has 0 saturated carbocycles. The van der Waals surface area contributed by atoms with Gasteiger partial charge in [0.2, 0.25) is 0 Å². The maximum absolute atomic E-state index is 15.0. The average molecular weight is 482 g/mol. The zero-order valence-corrected chi connectivity index (χ0v) is 20.6. The normalized spacial score (nSPS) is 22.1. The molecule has 2 aromatic carbocycles. The number of likely N-dealkylation sites (tertiary alicyclic amines) is 1. The van der Waals surface area contributed by atoms with Crippen LogP contribution in [0.1, 0.15) is 52.2 Å². The first kappa shape index (κ1) is 22.7. The number of fused-ring (bicyclic) bond motifs is 4. The van der Waals surface area contributed by atoms with Crippen LogP contribution in [0.4, 0.5) is 8.78 Å². The molecule has 2 N–H and O–H groups in total. The first-order valence-electron chi connectivity index (χ1n) is 12.6. The maximum Gasteiger partial charge on any atom is 0.118 e. The highest BCUT2D eigenvalue weighted by Gasteiger charge is 2.40. The molecule has 2 aromatic heterocycles. The van der Waals surface area contributed by atoms with E-state index in [4.69, 9.17) is 0 Å². The van der Waals surface area contributed by atoms with Gasteiger partial charge in [0.15, 0.2) is 0 Å². The minimum Gasteiger partial charge on any atom is -0.357 e. The Labute approximate surface area is 207 Å². The number of nitrogens with zero attached hydrogens (tertiary/aromatic N) is 3. The van der Waals surface area contributed by atoms with Crippen molar-refractivity contribution in [2.24, 2.45) is 5.92 Å². The van der Waals surface area contributed by atoms with Crippen molar-refractivity contribution in [1.82, 2.24) is 25.0 Å². The van der Waals surface area contributed by atoms with Gasteiger partial charge in [0.1, 0.15) is 5.67 Å². The fourth-order valence-electron chi connectivity index (χ4n) is 6.05. The summed E-state index contributed by atoms with van der Waals surface area (Å²) in [5, 5.41) is 10.3. The molecule has 6 rings (SSSR count). The molecule has 0 unspecified atom stereocenters. The van der Waals surface area contributed by atoms with E-state index in [2.05, 4.69) is 68.3 Å². The number of aromatic amines is 2. The number of halogens is 2. The first-order valence-corrected chi connectivity index (χ1v) is 12.6. The molecule has 35 heavy (non-hydrogen) atoms. The number of nitrogens with one attached hydrogen (secondary N) is 2. The standard InChI is InChI=1S/C28H33F2N5.2H2/c1-17-10-22-20-6-4-5-7-23(20)31-25(22)27(35(17)16-28(2,3)30)26-21-9-8-18(11-24(21)32-33-26)13-34-14-19(12-29)15-34;;/h4-9,11,17,19,27,31H,10,12-16H2,1-3H3,(H,32,33);2*1H/t17-,27+;;/m1../s1. The van der Waals surface area contributed by atoms with Crippen LogP contribution in [-0.4, -0.2) is 63.0 Å². The van der Waals surface area contributed by atoms with E-state index >= 15 is 4.39 Å². The maximum atomic E-state index is 15.0. The average Bonchev–Trinajstić information content (AvgIpc) is 3.36. The van der Waals surface area contributed by atoms with Gasteiger partial charge >= 0.3 is 0 Å². The van der Waals surface area contributed by atoms with E-state index in [0.717, 1.165) is 53.9 Å². The number of aromatic nitrogens is 3. The van der Waals surface area contributed by atoms with E-state index in [1.807, 2.05) is 6.07 Å². The fraction of sp³-hybridized carbons (Fsp3) is 0.464. The summed E-state index contributed by atoms with van der Waals surface area (Å²) >= 11 is 0. The van der Waals surface area contributed by atoms with Gasteiger partial charge in [0, 0.05) is 63.0 Å². The van der Waals surface area contributed by atoms with Gasteiger partial charge in [-0.15, -0.1) is 0 Å². The van der Waals surface area contributed by atoms with Crippen LogP contribution in [-0.2, 0) is 13.0 Å². The number of alkyl halides is 2.